The Morgan fingerprint density at radius 1 is 1.05 bits per heavy atom. The summed E-state index contributed by atoms with van der Waals surface area (Å²) in [6.45, 7) is 2.02. The quantitative estimate of drug-likeness (QED) is 0.535. The van der Waals surface area contributed by atoms with Crippen molar-refractivity contribution in [2.75, 3.05) is 20.5 Å². The maximum atomic E-state index is 5.76. The zero-order valence-corrected chi connectivity index (χ0v) is 12.4. The lowest BCUT2D eigenvalue weighted by atomic mass is 9.85. The zero-order valence-electron chi connectivity index (χ0n) is 12.4. The molecule has 0 unspecified atom stereocenters. The number of hydrogen-bond donors (Lipinski definition) is 0. The van der Waals surface area contributed by atoms with E-state index in [0.717, 1.165) is 32.0 Å². The Hall–Kier alpha value is -0.900. The molecule has 0 aromatic heterocycles. The Kier molecular flexibility index (Phi) is 7.06. The highest BCUT2D eigenvalue weighted by Crippen LogP contribution is 2.28. The highest BCUT2D eigenvalue weighted by molar-refractivity contribution is 5.13. The predicted octanol–water partition coefficient (Wildman–Crippen LogP) is 3.77. The van der Waals surface area contributed by atoms with Crippen LogP contribution in [0.4, 0.5) is 0 Å². The molecule has 0 N–H and O–H groups in total. The summed E-state index contributed by atoms with van der Waals surface area (Å²) in [4.78, 5) is 0. The topological polar surface area (TPSA) is 27.7 Å². The van der Waals surface area contributed by atoms with Crippen molar-refractivity contribution in [2.45, 2.75) is 44.8 Å². The van der Waals surface area contributed by atoms with E-state index in [9.17, 15) is 0 Å². The zero-order chi connectivity index (χ0) is 14.0. The van der Waals surface area contributed by atoms with Gasteiger partial charge in [0.2, 0.25) is 0 Å². The van der Waals surface area contributed by atoms with E-state index in [1.807, 2.05) is 6.07 Å². The van der Waals surface area contributed by atoms with Gasteiger partial charge in [-0.15, -0.1) is 0 Å². The number of hydrogen-bond acceptors (Lipinski definition) is 3. The van der Waals surface area contributed by atoms with Gasteiger partial charge in [-0.2, -0.15) is 0 Å². The second kappa shape index (κ2) is 9.11. The fourth-order valence-electron chi connectivity index (χ4n) is 2.77. The molecule has 3 nitrogen and oxygen atoms in total. The molecule has 1 aliphatic carbocycles. The molecular weight excluding hydrogens is 252 g/mol. The van der Waals surface area contributed by atoms with Gasteiger partial charge < -0.3 is 14.2 Å². The molecule has 1 aromatic rings. The minimum Gasteiger partial charge on any atom is -0.377 e. The lowest BCUT2D eigenvalue weighted by molar-refractivity contribution is -0.0866. The molecule has 112 valence electrons. The summed E-state index contributed by atoms with van der Waals surface area (Å²) in [5, 5.41) is 0. The lowest BCUT2D eigenvalue weighted by Gasteiger charge is -2.28. The molecule has 2 rings (SSSR count). The molecule has 0 heterocycles. The van der Waals surface area contributed by atoms with E-state index in [2.05, 4.69) is 24.3 Å². The Morgan fingerprint density at radius 2 is 1.80 bits per heavy atom. The van der Waals surface area contributed by atoms with Gasteiger partial charge in [-0.3, -0.25) is 0 Å². The summed E-state index contributed by atoms with van der Waals surface area (Å²) in [6, 6.07) is 10.4. The van der Waals surface area contributed by atoms with Crippen molar-refractivity contribution in [3.63, 3.8) is 0 Å². The van der Waals surface area contributed by atoms with Crippen molar-refractivity contribution in [2.24, 2.45) is 5.92 Å². The summed E-state index contributed by atoms with van der Waals surface area (Å²) >= 11 is 0. The predicted molar refractivity (Wildman–Crippen MR) is 79.4 cm³/mol. The van der Waals surface area contributed by atoms with Gasteiger partial charge in [0.05, 0.1) is 12.7 Å². The lowest BCUT2D eigenvalue weighted by Crippen LogP contribution is -2.23. The van der Waals surface area contributed by atoms with Crippen LogP contribution in [0.5, 0.6) is 0 Å². The second-order valence-electron chi connectivity index (χ2n) is 5.54. The number of rotatable bonds is 8. The molecule has 0 radical (unpaired) electrons. The summed E-state index contributed by atoms with van der Waals surface area (Å²) in [7, 11) is 1.68. The van der Waals surface area contributed by atoms with Gasteiger partial charge in [-0.1, -0.05) is 30.3 Å². The van der Waals surface area contributed by atoms with Crippen LogP contribution >= 0.6 is 0 Å². The monoisotopic (exact) mass is 278 g/mol. The molecule has 0 saturated heterocycles. The third-order valence-electron chi connectivity index (χ3n) is 4.00. The van der Waals surface area contributed by atoms with E-state index >= 15 is 0 Å². The largest absolute Gasteiger partial charge is 0.377 e. The highest BCUT2D eigenvalue weighted by Gasteiger charge is 2.21. The average molecular weight is 278 g/mol. The van der Waals surface area contributed by atoms with Crippen LogP contribution < -0.4 is 0 Å². The molecule has 0 amide bonds. The van der Waals surface area contributed by atoms with Crippen LogP contribution in [0.25, 0.3) is 0 Å². The Labute approximate surface area is 122 Å². The summed E-state index contributed by atoms with van der Waals surface area (Å²) in [6.07, 6.45) is 6.39. The fraction of sp³-hybridized carbons (Fsp3) is 0.647. The first-order chi connectivity index (χ1) is 9.88. The van der Waals surface area contributed by atoms with Gasteiger partial charge >= 0.3 is 0 Å². The van der Waals surface area contributed by atoms with Crippen molar-refractivity contribution in [1.82, 2.24) is 0 Å². The van der Waals surface area contributed by atoms with Crippen LogP contribution in [0.2, 0.25) is 0 Å². The van der Waals surface area contributed by atoms with Crippen molar-refractivity contribution in [1.29, 1.82) is 0 Å². The molecule has 0 bridgehead atoms. The first kappa shape index (κ1) is 15.5. The van der Waals surface area contributed by atoms with Gasteiger partial charge in [0.25, 0.3) is 0 Å². The average Bonchev–Trinajstić information content (AvgIpc) is 2.52. The Morgan fingerprint density at radius 3 is 2.50 bits per heavy atom. The van der Waals surface area contributed by atoms with Gasteiger partial charge in [0, 0.05) is 13.7 Å². The van der Waals surface area contributed by atoms with Gasteiger partial charge in [-0.25, -0.2) is 0 Å². The van der Waals surface area contributed by atoms with E-state index in [0.29, 0.717) is 12.9 Å². The van der Waals surface area contributed by atoms with Crippen molar-refractivity contribution >= 4 is 0 Å². The summed E-state index contributed by atoms with van der Waals surface area (Å²) in [5.74, 6) is 0.799. The van der Waals surface area contributed by atoms with Crippen LogP contribution in [-0.2, 0) is 20.8 Å². The fourth-order valence-corrected chi connectivity index (χ4v) is 2.77. The van der Waals surface area contributed by atoms with E-state index in [1.165, 1.54) is 24.8 Å². The third-order valence-corrected chi connectivity index (χ3v) is 4.00. The van der Waals surface area contributed by atoms with E-state index < -0.39 is 0 Å². The normalized spacial score (nSPS) is 22.9. The van der Waals surface area contributed by atoms with Gasteiger partial charge in [0.1, 0.15) is 6.79 Å². The van der Waals surface area contributed by atoms with Crippen molar-refractivity contribution in [3.8, 4) is 0 Å². The third kappa shape index (κ3) is 5.61. The number of benzene rings is 1. The number of methoxy groups -OCH3 is 1. The minimum absolute atomic E-state index is 0.399. The molecule has 3 heteroatoms. The summed E-state index contributed by atoms with van der Waals surface area (Å²) < 4.78 is 16.3. The molecular formula is C17H26O3. The SMILES string of the molecule is COCOC1CCC(CCOCc2ccccc2)CC1. The van der Waals surface area contributed by atoms with Crippen LogP contribution in [0.1, 0.15) is 37.7 Å². The molecule has 1 saturated carbocycles. The molecule has 20 heavy (non-hydrogen) atoms. The van der Waals surface area contributed by atoms with E-state index in [-0.39, 0.29) is 0 Å². The molecule has 1 aliphatic rings. The van der Waals surface area contributed by atoms with Crippen molar-refractivity contribution in [3.05, 3.63) is 35.9 Å². The Bertz CT molecular complexity index is 345. The maximum absolute atomic E-state index is 5.76. The smallest absolute Gasteiger partial charge is 0.146 e. The maximum Gasteiger partial charge on any atom is 0.146 e. The Balaban J connectivity index is 1.53. The standard InChI is InChI=1S/C17H26O3/c1-18-14-20-17-9-7-15(8-10-17)11-12-19-13-16-5-3-2-4-6-16/h2-6,15,17H,7-14H2,1H3. The van der Waals surface area contributed by atoms with Crippen LogP contribution in [0.15, 0.2) is 30.3 Å². The van der Waals surface area contributed by atoms with Gasteiger partial charge in [0.15, 0.2) is 0 Å². The van der Waals surface area contributed by atoms with Crippen LogP contribution in [-0.4, -0.2) is 26.6 Å². The molecule has 0 spiro atoms. The molecule has 0 atom stereocenters. The second-order valence-corrected chi connectivity index (χ2v) is 5.54. The van der Waals surface area contributed by atoms with Crippen molar-refractivity contribution < 1.29 is 14.2 Å². The molecule has 1 fully saturated rings. The highest BCUT2D eigenvalue weighted by atomic mass is 16.7. The first-order valence-corrected chi connectivity index (χ1v) is 7.60. The van der Waals surface area contributed by atoms with E-state index in [4.69, 9.17) is 14.2 Å². The minimum atomic E-state index is 0.399. The molecule has 0 aliphatic heterocycles. The van der Waals surface area contributed by atoms with Gasteiger partial charge in [-0.05, 0) is 43.6 Å². The summed E-state index contributed by atoms with van der Waals surface area (Å²) in [5.41, 5.74) is 1.25. The number of ether oxygens (including phenoxy) is 3. The molecule has 1 aromatic carbocycles. The first-order valence-electron chi connectivity index (χ1n) is 7.60. The van der Waals surface area contributed by atoms with E-state index in [1.54, 1.807) is 7.11 Å². The van der Waals surface area contributed by atoms with Crippen LogP contribution in [0.3, 0.4) is 0 Å². The van der Waals surface area contributed by atoms with Crippen LogP contribution in [0, 0.1) is 5.92 Å².